The Bertz CT molecular complexity index is 375. The molecule has 102 valence electrons. The molecule has 0 aliphatic rings. The highest BCUT2D eigenvalue weighted by molar-refractivity contribution is 9.09. The highest BCUT2D eigenvalue weighted by atomic mass is 79.9. The molecular weight excluding hydrogens is 315 g/mol. The maximum absolute atomic E-state index is 13.3. The van der Waals surface area contributed by atoms with Gasteiger partial charge < -0.3 is 0 Å². The largest absolute Gasteiger partial charge is 0.207 e. The minimum Gasteiger partial charge on any atom is -0.207 e. The summed E-state index contributed by atoms with van der Waals surface area (Å²) in [5.74, 6) is -0.204. The van der Waals surface area contributed by atoms with Crippen LogP contribution >= 0.6 is 27.5 Å². The van der Waals surface area contributed by atoms with Crippen molar-refractivity contribution < 1.29 is 4.39 Å². The van der Waals surface area contributed by atoms with Crippen molar-refractivity contribution in [2.45, 2.75) is 46.0 Å². The van der Waals surface area contributed by atoms with Crippen molar-refractivity contribution in [2.24, 2.45) is 5.41 Å². The van der Waals surface area contributed by atoms with Crippen LogP contribution in [0.3, 0.4) is 0 Å². The molecule has 0 N–H and O–H groups in total. The third kappa shape index (κ3) is 4.24. The summed E-state index contributed by atoms with van der Waals surface area (Å²) < 4.78 is 13.3. The summed E-state index contributed by atoms with van der Waals surface area (Å²) in [5, 5.41) is 1.61. The first-order valence-electron chi connectivity index (χ1n) is 6.57. The smallest absolute Gasteiger partial charge is 0.123 e. The van der Waals surface area contributed by atoms with Crippen molar-refractivity contribution >= 4 is 27.5 Å². The lowest BCUT2D eigenvalue weighted by atomic mass is 9.77. The zero-order valence-corrected chi connectivity index (χ0v) is 13.5. The summed E-state index contributed by atoms with van der Waals surface area (Å²) in [4.78, 5) is 0. The molecule has 3 heteroatoms. The molecule has 0 spiro atoms. The first-order valence-corrected chi connectivity index (χ1v) is 8.06. The maximum Gasteiger partial charge on any atom is 0.123 e. The topological polar surface area (TPSA) is 0 Å². The molecule has 0 bridgehead atoms. The van der Waals surface area contributed by atoms with Gasteiger partial charge in [-0.25, -0.2) is 4.39 Å². The first kappa shape index (κ1) is 16.0. The van der Waals surface area contributed by atoms with Crippen molar-refractivity contribution in [3.05, 3.63) is 34.6 Å². The van der Waals surface area contributed by atoms with E-state index in [1.165, 1.54) is 18.9 Å². The van der Waals surface area contributed by atoms with Crippen molar-refractivity contribution in [2.75, 3.05) is 5.33 Å². The Morgan fingerprint density at radius 3 is 2.61 bits per heavy atom. The van der Waals surface area contributed by atoms with Crippen LogP contribution in [-0.2, 0) is 6.42 Å². The van der Waals surface area contributed by atoms with Gasteiger partial charge in [-0.2, -0.15) is 0 Å². The highest BCUT2D eigenvalue weighted by Crippen LogP contribution is 2.36. The third-order valence-electron chi connectivity index (χ3n) is 3.67. The molecule has 0 nitrogen and oxygen atoms in total. The quantitative estimate of drug-likeness (QED) is 0.536. The van der Waals surface area contributed by atoms with E-state index in [0.717, 1.165) is 30.2 Å². The molecule has 0 fully saturated rings. The molecule has 1 rings (SSSR count). The fourth-order valence-corrected chi connectivity index (χ4v) is 3.29. The maximum atomic E-state index is 13.3. The number of benzene rings is 1. The summed E-state index contributed by atoms with van der Waals surface area (Å²) in [6.45, 7) is 4.40. The van der Waals surface area contributed by atoms with Crippen LogP contribution in [0.1, 0.15) is 45.1 Å². The molecule has 1 aromatic rings. The van der Waals surface area contributed by atoms with Crippen LogP contribution in [0.25, 0.3) is 0 Å². The van der Waals surface area contributed by atoms with Gasteiger partial charge in [-0.1, -0.05) is 54.2 Å². The Morgan fingerprint density at radius 1 is 1.33 bits per heavy atom. The Kier molecular flexibility index (Phi) is 6.65. The van der Waals surface area contributed by atoms with E-state index in [4.69, 9.17) is 11.6 Å². The molecular formula is C15H21BrClF. The Hall–Kier alpha value is -0.0800. The number of hydrogen-bond donors (Lipinski definition) is 0. The lowest BCUT2D eigenvalue weighted by Gasteiger charge is -2.31. The zero-order valence-electron chi connectivity index (χ0n) is 11.1. The van der Waals surface area contributed by atoms with Gasteiger partial charge in [-0.15, -0.1) is 0 Å². The predicted octanol–water partition coefficient (Wildman–Crippen LogP) is 6.00. The van der Waals surface area contributed by atoms with Crippen molar-refractivity contribution in [1.29, 1.82) is 0 Å². The van der Waals surface area contributed by atoms with E-state index < -0.39 is 0 Å². The van der Waals surface area contributed by atoms with E-state index in [0.29, 0.717) is 5.02 Å². The lowest BCUT2D eigenvalue weighted by Crippen LogP contribution is -2.25. The van der Waals surface area contributed by atoms with Gasteiger partial charge in [0, 0.05) is 10.4 Å². The SMILES string of the molecule is CCCCC(CC)(CBr)Cc1cc(F)ccc1Cl. The van der Waals surface area contributed by atoms with Crippen LogP contribution in [0.2, 0.25) is 5.02 Å². The minimum absolute atomic E-state index is 0.188. The van der Waals surface area contributed by atoms with Gasteiger partial charge in [0.05, 0.1) is 0 Å². The summed E-state index contributed by atoms with van der Waals surface area (Å²) in [7, 11) is 0. The first-order chi connectivity index (χ1) is 8.56. The van der Waals surface area contributed by atoms with E-state index in [1.54, 1.807) is 12.1 Å². The molecule has 1 aromatic carbocycles. The second-order valence-corrected chi connectivity index (χ2v) is 5.97. The van der Waals surface area contributed by atoms with Crippen LogP contribution in [0.15, 0.2) is 18.2 Å². The van der Waals surface area contributed by atoms with E-state index in [9.17, 15) is 4.39 Å². The van der Waals surface area contributed by atoms with Gasteiger partial charge in [-0.3, -0.25) is 0 Å². The number of unbranched alkanes of at least 4 members (excludes halogenated alkanes) is 1. The van der Waals surface area contributed by atoms with E-state index in [1.807, 2.05) is 0 Å². The Labute approximate surface area is 123 Å². The van der Waals surface area contributed by atoms with Gasteiger partial charge in [0.25, 0.3) is 0 Å². The van der Waals surface area contributed by atoms with E-state index in [2.05, 4.69) is 29.8 Å². The van der Waals surface area contributed by atoms with Crippen molar-refractivity contribution in [3.63, 3.8) is 0 Å². The van der Waals surface area contributed by atoms with Crippen LogP contribution < -0.4 is 0 Å². The minimum atomic E-state index is -0.204. The van der Waals surface area contributed by atoms with Gasteiger partial charge in [0.1, 0.15) is 5.82 Å². The number of hydrogen-bond acceptors (Lipinski definition) is 0. The molecule has 0 saturated heterocycles. The van der Waals surface area contributed by atoms with Gasteiger partial charge >= 0.3 is 0 Å². The van der Waals surface area contributed by atoms with E-state index >= 15 is 0 Å². The van der Waals surface area contributed by atoms with Gasteiger partial charge in [-0.05, 0) is 48.4 Å². The third-order valence-corrected chi connectivity index (χ3v) is 5.23. The molecule has 1 unspecified atom stereocenters. The van der Waals surface area contributed by atoms with Gasteiger partial charge in [0.2, 0.25) is 0 Å². The molecule has 0 aliphatic heterocycles. The Balaban J connectivity index is 2.91. The standard InChI is InChI=1S/C15H21BrClF/c1-3-5-8-15(4-2,11-16)10-12-9-13(18)6-7-14(12)17/h6-7,9H,3-5,8,10-11H2,1-2H3. The monoisotopic (exact) mass is 334 g/mol. The highest BCUT2D eigenvalue weighted by Gasteiger charge is 2.27. The molecule has 18 heavy (non-hydrogen) atoms. The van der Waals surface area contributed by atoms with Crippen molar-refractivity contribution in [1.82, 2.24) is 0 Å². The molecule has 0 amide bonds. The summed E-state index contributed by atoms with van der Waals surface area (Å²) in [5.41, 5.74) is 1.11. The van der Waals surface area contributed by atoms with Crippen LogP contribution in [0.4, 0.5) is 4.39 Å². The normalized spacial score (nSPS) is 14.5. The fourth-order valence-electron chi connectivity index (χ4n) is 2.23. The molecule has 0 aliphatic carbocycles. The summed E-state index contributed by atoms with van der Waals surface area (Å²) in [6.07, 6.45) is 5.45. The average molecular weight is 336 g/mol. The fraction of sp³-hybridized carbons (Fsp3) is 0.600. The average Bonchev–Trinajstić information content (AvgIpc) is 2.39. The second-order valence-electron chi connectivity index (χ2n) is 5.00. The zero-order chi connectivity index (χ0) is 13.6. The molecule has 0 saturated carbocycles. The number of halogens is 3. The van der Waals surface area contributed by atoms with E-state index in [-0.39, 0.29) is 11.2 Å². The number of alkyl halides is 1. The molecule has 0 aromatic heterocycles. The second kappa shape index (κ2) is 7.49. The molecule has 0 heterocycles. The summed E-state index contributed by atoms with van der Waals surface area (Å²) >= 11 is 9.80. The summed E-state index contributed by atoms with van der Waals surface area (Å²) in [6, 6.07) is 4.64. The molecule has 1 atom stereocenters. The molecule has 0 radical (unpaired) electrons. The van der Waals surface area contributed by atoms with Crippen LogP contribution in [0.5, 0.6) is 0 Å². The van der Waals surface area contributed by atoms with Crippen LogP contribution in [0, 0.1) is 11.2 Å². The predicted molar refractivity (Wildman–Crippen MR) is 81.2 cm³/mol. The Morgan fingerprint density at radius 2 is 2.06 bits per heavy atom. The van der Waals surface area contributed by atoms with Crippen molar-refractivity contribution in [3.8, 4) is 0 Å². The lowest BCUT2D eigenvalue weighted by molar-refractivity contribution is 0.283. The van der Waals surface area contributed by atoms with Crippen LogP contribution in [-0.4, -0.2) is 5.33 Å². The van der Waals surface area contributed by atoms with Gasteiger partial charge in [0.15, 0.2) is 0 Å². The number of rotatable bonds is 7.